The molecule has 0 radical (unpaired) electrons. The number of benzene rings is 1. The molecule has 1 aromatic carbocycles. The van der Waals surface area contributed by atoms with E-state index in [1.807, 2.05) is 0 Å². The first-order valence-corrected chi connectivity index (χ1v) is 6.29. The van der Waals surface area contributed by atoms with Gasteiger partial charge in [0.25, 0.3) is 0 Å². The van der Waals surface area contributed by atoms with Gasteiger partial charge in [-0.1, -0.05) is 30.3 Å². The average molecular weight is 305 g/mol. The van der Waals surface area contributed by atoms with Crippen molar-refractivity contribution in [3.8, 4) is 0 Å². The van der Waals surface area contributed by atoms with Crippen LogP contribution in [0.15, 0.2) is 30.3 Å². The van der Waals surface area contributed by atoms with E-state index in [0.717, 1.165) is 6.92 Å². The van der Waals surface area contributed by atoms with Crippen molar-refractivity contribution in [2.45, 2.75) is 24.7 Å². The summed E-state index contributed by atoms with van der Waals surface area (Å²) in [4.78, 5) is 12.1. The van der Waals surface area contributed by atoms with E-state index >= 15 is 0 Å². The third-order valence-electron chi connectivity index (χ3n) is 3.24. The van der Waals surface area contributed by atoms with Crippen molar-refractivity contribution in [3.63, 3.8) is 0 Å². The molecule has 21 heavy (non-hydrogen) atoms. The van der Waals surface area contributed by atoms with Gasteiger partial charge in [0.1, 0.15) is 0 Å². The van der Waals surface area contributed by atoms with Crippen LogP contribution in [0.25, 0.3) is 0 Å². The van der Waals surface area contributed by atoms with E-state index in [4.69, 9.17) is 9.47 Å². The molecule has 2 atom stereocenters. The van der Waals surface area contributed by atoms with Crippen LogP contribution in [-0.4, -0.2) is 39.0 Å². The Kier molecular flexibility index (Phi) is 5.74. The second-order valence-corrected chi connectivity index (χ2v) is 4.51. The highest BCUT2D eigenvalue weighted by molar-refractivity contribution is 5.82. The maximum absolute atomic E-state index is 12.6. The Balaban J connectivity index is 3.06. The fourth-order valence-electron chi connectivity index (χ4n) is 1.82. The zero-order valence-corrected chi connectivity index (χ0v) is 12.0. The van der Waals surface area contributed by atoms with E-state index in [2.05, 4.69) is 5.32 Å². The number of carbonyl (C=O) groups excluding carboxylic acids is 1. The zero-order valence-electron chi connectivity index (χ0n) is 12.0. The van der Waals surface area contributed by atoms with Crippen molar-refractivity contribution in [2.75, 3.05) is 20.8 Å². The lowest BCUT2D eigenvalue weighted by atomic mass is 9.90. The first kappa shape index (κ1) is 17.5. The standard InChI is InChI=1S/C14H18F3NO3/c1-10(14(15,16)17)21-9-13(18-2,12(19)20-3)11-7-5-4-6-8-11/h4-8,10,18H,9H2,1-3H3. The second kappa shape index (κ2) is 6.91. The number of carbonyl (C=O) groups is 1. The third-order valence-corrected chi connectivity index (χ3v) is 3.24. The van der Waals surface area contributed by atoms with E-state index in [1.54, 1.807) is 30.3 Å². The number of alkyl halides is 3. The lowest BCUT2D eigenvalue weighted by Crippen LogP contribution is -2.53. The summed E-state index contributed by atoms with van der Waals surface area (Å²) in [6, 6.07) is 8.33. The molecular formula is C14H18F3NO3. The Hall–Kier alpha value is -1.60. The lowest BCUT2D eigenvalue weighted by Gasteiger charge is -2.32. The van der Waals surface area contributed by atoms with E-state index in [9.17, 15) is 18.0 Å². The van der Waals surface area contributed by atoms with Crippen LogP contribution in [0, 0.1) is 0 Å². The van der Waals surface area contributed by atoms with Crippen LogP contribution in [0.1, 0.15) is 12.5 Å². The number of nitrogens with one attached hydrogen (secondary N) is 1. The first-order valence-electron chi connectivity index (χ1n) is 6.29. The molecule has 1 aromatic rings. The molecule has 0 spiro atoms. The molecule has 0 saturated heterocycles. The molecule has 2 unspecified atom stereocenters. The lowest BCUT2D eigenvalue weighted by molar-refractivity contribution is -0.220. The number of esters is 1. The van der Waals surface area contributed by atoms with Gasteiger partial charge in [0.15, 0.2) is 11.6 Å². The summed E-state index contributed by atoms with van der Waals surface area (Å²) in [7, 11) is 2.64. The molecule has 0 saturated carbocycles. The summed E-state index contributed by atoms with van der Waals surface area (Å²) < 4.78 is 47.2. The van der Waals surface area contributed by atoms with E-state index in [1.165, 1.54) is 14.2 Å². The minimum atomic E-state index is -4.49. The first-order chi connectivity index (χ1) is 9.78. The van der Waals surface area contributed by atoms with Gasteiger partial charge in [0.2, 0.25) is 0 Å². The predicted octanol–water partition coefficient (Wildman–Crippen LogP) is 2.24. The van der Waals surface area contributed by atoms with Gasteiger partial charge in [0, 0.05) is 0 Å². The van der Waals surface area contributed by atoms with Crippen LogP contribution < -0.4 is 5.32 Å². The number of halogens is 3. The maximum atomic E-state index is 12.6. The SMILES string of the molecule is CNC(COC(C)C(F)(F)F)(C(=O)OC)c1ccccc1. The normalized spacial score (nSPS) is 16.1. The Morgan fingerprint density at radius 1 is 1.29 bits per heavy atom. The number of likely N-dealkylation sites (N-methyl/N-ethyl adjacent to an activating group) is 1. The van der Waals surface area contributed by atoms with Crippen LogP contribution in [0.3, 0.4) is 0 Å². The van der Waals surface area contributed by atoms with Gasteiger partial charge < -0.3 is 9.47 Å². The summed E-state index contributed by atoms with van der Waals surface area (Å²) in [6.07, 6.45) is -6.48. The maximum Gasteiger partial charge on any atom is 0.414 e. The van der Waals surface area contributed by atoms with Crippen molar-refractivity contribution in [1.82, 2.24) is 5.32 Å². The quantitative estimate of drug-likeness (QED) is 0.819. The number of rotatable bonds is 6. The van der Waals surface area contributed by atoms with Crippen molar-refractivity contribution >= 4 is 5.97 Å². The highest BCUT2D eigenvalue weighted by atomic mass is 19.4. The smallest absolute Gasteiger partial charge is 0.414 e. The van der Waals surface area contributed by atoms with E-state index < -0.39 is 30.4 Å². The largest absolute Gasteiger partial charge is 0.467 e. The molecule has 0 fully saturated rings. The van der Waals surface area contributed by atoms with Gasteiger partial charge in [0.05, 0.1) is 13.7 Å². The molecule has 0 aliphatic heterocycles. The van der Waals surface area contributed by atoms with Crippen molar-refractivity contribution in [3.05, 3.63) is 35.9 Å². The Morgan fingerprint density at radius 3 is 2.29 bits per heavy atom. The molecule has 7 heteroatoms. The summed E-state index contributed by atoms with van der Waals surface area (Å²) in [5, 5.41) is 2.72. The van der Waals surface area contributed by atoms with E-state index in [-0.39, 0.29) is 0 Å². The number of hydrogen-bond acceptors (Lipinski definition) is 4. The highest BCUT2D eigenvalue weighted by Gasteiger charge is 2.44. The predicted molar refractivity (Wildman–Crippen MR) is 70.7 cm³/mol. The highest BCUT2D eigenvalue weighted by Crippen LogP contribution is 2.27. The minimum Gasteiger partial charge on any atom is -0.467 e. The molecule has 118 valence electrons. The Labute approximate surface area is 121 Å². The van der Waals surface area contributed by atoms with Gasteiger partial charge >= 0.3 is 12.1 Å². The van der Waals surface area contributed by atoms with Crippen molar-refractivity contribution in [1.29, 1.82) is 0 Å². The number of methoxy groups -OCH3 is 1. The molecule has 4 nitrogen and oxygen atoms in total. The molecule has 0 amide bonds. The average Bonchev–Trinajstić information content (AvgIpc) is 2.47. The Bertz CT molecular complexity index is 464. The number of ether oxygens (including phenoxy) is 2. The molecule has 0 aliphatic carbocycles. The summed E-state index contributed by atoms with van der Waals surface area (Å²) in [6.45, 7) is 0.392. The van der Waals surface area contributed by atoms with Crippen LogP contribution >= 0.6 is 0 Å². The molecule has 0 heterocycles. The van der Waals surface area contributed by atoms with Gasteiger partial charge in [-0.3, -0.25) is 5.32 Å². The molecule has 1 rings (SSSR count). The van der Waals surface area contributed by atoms with Gasteiger partial charge in [-0.2, -0.15) is 13.2 Å². The van der Waals surface area contributed by atoms with Crippen LogP contribution in [0.4, 0.5) is 13.2 Å². The third kappa shape index (κ3) is 3.95. The van der Waals surface area contributed by atoms with Crippen molar-refractivity contribution < 1.29 is 27.4 Å². The second-order valence-electron chi connectivity index (χ2n) is 4.51. The molecule has 1 N–H and O–H groups in total. The fraction of sp³-hybridized carbons (Fsp3) is 0.500. The molecule has 0 bridgehead atoms. The minimum absolute atomic E-state index is 0.466. The van der Waals surface area contributed by atoms with Gasteiger partial charge in [-0.15, -0.1) is 0 Å². The zero-order chi connectivity index (χ0) is 16.1. The Morgan fingerprint density at radius 2 is 1.86 bits per heavy atom. The van der Waals surface area contributed by atoms with E-state index in [0.29, 0.717) is 5.56 Å². The van der Waals surface area contributed by atoms with Crippen molar-refractivity contribution in [2.24, 2.45) is 0 Å². The van der Waals surface area contributed by atoms with Gasteiger partial charge in [-0.25, -0.2) is 4.79 Å². The summed E-state index contributed by atoms with van der Waals surface area (Å²) in [5.74, 6) is -0.717. The van der Waals surface area contributed by atoms with Gasteiger partial charge in [-0.05, 0) is 19.5 Å². The topological polar surface area (TPSA) is 47.6 Å². The van der Waals surface area contributed by atoms with Crippen LogP contribution in [0.2, 0.25) is 0 Å². The monoisotopic (exact) mass is 305 g/mol. The number of hydrogen-bond donors (Lipinski definition) is 1. The summed E-state index contributed by atoms with van der Waals surface area (Å²) >= 11 is 0. The van der Waals surface area contributed by atoms with Crippen LogP contribution in [-0.2, 0) is 19.8 Å². The summed E-state index contributed by atoms with van der Waals surface area (Å²) in [5.41, 5.74) is -1.02. The molecule has 0 aliphatic rings. The molecule has 0 aromatic heterocycles. The fourth-order valence-corrected chi connectivity index (χ4v) is 1.82. The molecular weight excluding hydrogens is 287 g/mol. The van der Waals surface area contributed by atoms with Crippen LogP contribution in [0.5, 0.6) is 0 Å².